The van der Waals surface area contributed by atoms with Crippen molar-refractivity contribution in [1.82, 2.24) is 15.5 Å². The molecule has 0 saturated carbocycles. The van der Waals surface area contributed by atoms with Gasteiger partial charge < -0.3 is 15.4 Å². The SMILES string of the molecule is CCCCCN1CN=C(N=C2NC(=O)C(=CC(=O)OC)S2)NC1. The fourth-order valence-electron chi connectivity index (χ4n) is 2.01. The summed E-state index contributed by atoms with van der Waals surface area (Å²) in [7, 11) is 1.26. The molecule has 1 fully saturated rings. The first kappa shape index (κ1) is 17.5. The van der Waals surface area contributed by atoms with Gasteiger partial charge in [-0.1, -0.05) is 19.8 Å². The van der Waals surface area contributed by atoms with E-state index in [-0.39, 0.29) is 10.8 Å². The molecule has 0 bridgehead atoms. The highest BCUT2D eigenvalue weighted by Gasteiger charge is 2.25. The van der Waals surface area contributed by atoms with Crippen molar-refractivity contribution in [3.8, 4) is 0 Å². The number of esters is 1. The molecule has 2 heterocycles. The maximum Gasteiger partial charge on any atom is 0.331 e. The van der Waals surface area contributed by atoms with Crippen LogP contribution in [0.5, 0.6) is 0 Å². The molecule has 0 unspecified atom stereocenters. The number of ether oxygens (including phenoxy) is 1. The first-order valence-electron chi connectivity index (χ1n) is 7.50. The minimum Gasteiger partial charge on any atom is -0.466 e. The van der Waals surface area contributed by atoms with Gasteiger partial charge in [-0.3, -0.25) is 9.69 Å². The topological polar surface area (TPSA) is 95.4 Å². The summed E-state index contributed by atoms with van der Waals surface area (Å²) in [5, 5.41) is 6.11. The van der Waals surface area contributed by atoms with Gasteiger partial charge in [0.2, 0.25) is 5.96 Å². The van der Waals surface area contributed by atoms with E-state index in [0.717, 1.165) is 30.8 Å². The van der Waals surface area contributed by atoms with Crippen LogP contribution < -0.4 is 10.6 Å². The first-order valence-corrected chi connectivity index (χ1v) is 8.32. The van der Waals surface area contributed by atoms with Crippen molar-refractivity contribution in [3.63, 3.8) is 0 Å². The average molecular weight is 339 g/mol. The second kappa shape index (κ2) is 8.68. The number of amidine groups is 1. The summed E-state index contributed by atoms with van der Waals surface area (Å²) in [6.07, 6.45) is 4.72. The van der Waals surface area contributed by atoms with Gasteiger partial charge in [0.1, 0.15) is 0 Å². The number of hydrogen-bond donors (Lipinski definition) is 2. The normalized spacial score (nSPS) is 22.0. The second-order valence-corrected chi connectivity index (χ2v) is 6.10. The van der Waals surface area contributed by atoms with Gasteiger partial charge in [0.25, 0.3) is 5.91 Å². The van der Waals surface area contributed by atoms with Crippen molar-refractivity contribution in [2.45, 2.75) is 26.2 Å². The summed E-state index contributed by atoms with van der Waals surface area (Å²) < 4.78 is 4.51. The molecule has 0 aromatic heterocycles. The molecule has 2 aliphatic rings. The molecule has 126 valence electrons. The van der Waals surface area contributed by atoms with E-state index in [2.05, 4.69) is 37.2 Å². The molecule has 0 spiro atoms. The zero-order valence-corrected chi connectivity index (χ0v) is 14.1. The van der Waals surface area contributed by atoms with Gasteiger partial charge in [0, 0.05) is 12.6 Å². The number of methoxy groups -OCH3 is 1. The Kier molecular flexibility index (Phi) is 6.60. The Morgan fingerprint density at radius 3 is 3.00 bits per heavy atom. The fraction of sp³-hybridized carbons (Fsp3) is 0.571. The Morgan fingerprint density at radius 1 is 1.52 bits per heavy atom. The molecule has 0 radical (unpaired) electrons. The lowest BCUT2D eigenvalue weighted by atomic mass is 10.2. The molecular weight excluding hydrogens is 318 g/mol. The first-order chi connectivity index (χ1) is 11.1. The maximum absolute atomic E-state index is 11.7. The minimum absolute atomic E-state index is 0.258. The number of unbranched alkanes of at least 4 members (excludes halogenated alkanes) is 2. The van der Waals surface area contributed by atoms with Gasteiger partial charge in [0.05, 0.1) is 25.4 Å². The molecule has 0 aliphatic carbocycles. The van der Waals surface area contributed by atoms with E-state index in [1.54, 1.807) is 0 Å². The molecule has 0 aromatic rings. The number of nitrogens with one attached hydrogen (secondary N) is 2. The van der Waals surface area contributed by atoms with Crippen molar-refractivity contribution in [1.29, 1.82) is 0 Å². The molecule has 9 heteroatoms. The van der Waals surface area contributed by atoms with E-state index in [4.69, 9.17) is 0 Å². The Hall–Kier alpha value is -1.87. The maximum atomic E-state index is 11.7. The summed E-state index contributed by atoms with van der Waals surface area (Å²) in [6, 6.07) is 0. The molecular formula is C14H21N5O3S. The molecule has 2 rings (SSSR count). The van der Waals surface area contributed by atoms with Gasteiger partial charge in [0.15, 0.2) is 5.17 Å². The monoisotopic (exact) mass is 339 g/mol. The summed E-state index contributed by atoms with van der Waals surface area (Å²) in [4.78, 5) is 34.0. The number of thioether (sulfide) groups is 1. The number of carbonyl (C=O) groups is 2. The number of nitrogens with zero attached hydrogens (tertiary/aromatic N) is 3. The number of hydrogen-bond acceptors (Lipinski definition) is 8. The summed E-state index contributed by atoms with van der Waals surface area (Å²) in [5.41, 5.74) is 0. The zero-order chi connectivity index (χ0) is 16.7. The minimum atomic E-state index is -0.570. The van der Waals surface area contributed by atoms with Crippen LogP contribution in [0.1, 0.15) is 26.2 Å². The van der Waals surface area contributed by atoms with Gasteiger partial charge >= 0.3 is 5.97 Å². The molecule has 0 atom stereocenters. The lowest BCUT2D eigenvalue weighted by molar-refractivity contribution is -0.135. The molecule has 0 aromatic carbocycles. The third-order valence-electron chi connectivity index (χ3n) is 3.27. The van der Waals surface area contributed by atoms with Gasteiger partial charge in [-0.2, -0.15) is 4.99 Å². The van der Waals surface area contributed by atoms with E-state index in [1.165, 1.54) is 20.0 Å². The number of guanidine groups is 1. The smallest absolute Gasteiger partial charge is 0.331 e. The van der Waals surface area contributed by atoms with E-state index in [1.807, 2.05) is 0 Å². The van der Waals surface area contributed by atoms with Crippen LogP contribution >= 0.6 is 11.8 Å². The Labute approximate surface area is 139 Å². The molecule has 1 saturated heterocycles. The Balaban J connectivity index is 1.90. The molecule has 2 N–H and O–H groups in total. The Morgan fingerprint density at radius 2 is 2.35 bits per heavy atom. The lowest BCUT2D eigenvalue weighted by Crippen LogP contribution is -2.43. The van der Waals surface area contributed by atoms with Gasteiger partial charge in [-0.05, 0) is 18.2 Å². The highest BCUT2D eigenvalue weighted by Crippen LogP contribution is 2.23. The van der Waals surface area contributed by atoms with Crippen LogP contribution in [0.4, 0.5) is 0 Å². The Bertz CT molecular complexity index is 559. The van der Waals surface area contributed by atoms with Crippen LogP contribution in [0.25, 0.3) is 0 Å². The van der Waals surface area contributed by atoms with Gasteiger partial charge in [-0.15, -0.1) is 0 Å². The number of carbonyl (C=O) groups excluding carboxylic acids is 2. The van der Waals surface area contributed by atoms with Crippen LogP contribution in [0.3, 0.4) is 0 Å². The zero-order valence-electron chi connectivity index (χ0n) is 13.3. The fourth-order valence-corrected chi connectivity index (χ4v) is 2.79. The predicted molar refractivity (Wildman–Crippen MR) is 89.8 cm³/mol. The summed E-state index contributed by atoms with van der Waals surface area (Å²) in [5.74, 6) is -0.449. The lowest BCUT2D eigenvalue weighted by Gasteiger charge is -2.25. The van der Waals surface area contributed by atoms with Crippen LogP contribution in [-0.2, 0) is 14.3 Å². The van der Waals surface area contributed by atoms with Crippen LogP contribution in [0, 0.1) is 0 Å². The van der Waals surface area contributed by atoms with Crippen molar-refractivity contribution in [2.75, 3.05) is 27.0 Å². The van der Waals surface area contributed by atoms with Crippen molar-refractivity contribution >= 4 is 34.8 Å². The largest absolute Gasteiger partial charge is 0.466 e. The standard InChI is InChI=1S/C14H21N5O3S/c1-3-4-5-6-19-8-15-13(16-9-19)18-14-17-12(21)10(23-14)7-11(20)22-2/h7H,3-6,8-9H2,1-2H3,(H2,15,16,17,18,21). The number of amides is 1. The number of rotatable bonds is 5. The highest BCUT2D eigenvalue weighted by atomic mass is 32.2. The van der Waals surface area contributed by atoms with Crippen molar-refractivity contribution < 1.29 is 14.3 Å². The quantitative estimate of drug-likeness (QED) is 0.433. The molecule has 1 amide bonds. The van der Waals surface area contributed by atoms with Crippen LogP contribution in [-0.4, -0.2) is 54.9 Å². The third-order valence-corrected chi connectivity index (χ3v) is 4.18. The van der Waals surface area contributed by atoms with Crippen LogP contribution in [0.2, 0.25) is 0 Å². The van der Waals surface area contributed by atoms with Crippen LogP contribution in [0.15, 0.2) is 21.0 Å². The summed E-state index contributed by atoms with van der Waals surface area (Å²) >= 11 is 1.09. The predicted octanol–water partition coefficient (Wildman–Crippen LogP) is 0.629. The van der Waals surface area contributed by atoms with E-state index >= 15 is 0 Å². The van der Waals surface area contributed by atoms with E-state index in [0.29, 0.717) is 24.5 Å². The van der Waals surface area contributed by atoms with E-state index < -0.39 is 5.97 Å². The molecule has 23 heavy (non-hydrogen) atoms. The molecule has 2 aliphatic heterocycles. The number of aliphatic imine (C=N–C) groups is 2. The second-order valence-electron chi connectivity index (χ2n) is 5.06. The van der Waals surface area contributed by atoms with E-state index in [9.17, 15) is 9.59 Å². The third kappa shape index (κ3) is 5.36. The van der Waals surface area contributed by atoms with Crippen molar-refractivity contribution in [3.05, 3.63) is 11.0 Å². The molecule has 8 nitrogen and oxygen atoms in total. The van der Waals surface area contributed by atoms with Gasteiger partial charge in [-0.25, -0.2) is 9.79 Å². The average Bonchev–Trinajstić information content (AvgIpc) is 2.88. The van der Waals surface area contributed by atoms with Crippen molar-refractivity contribution in [2.24, 2.45) is 9.98 Å². The summed E-state index contributed by atoms with van der Waals surface area (Å²) in [6.45, 7) is 4.46. The highest BCUT2D eigenvalue weighted by molar-refractivity contribution is 8.18.